The summed E-state index contributed by atoms with van der Waals surface area (Å²) in [5.41, 5.74) is -0.0218. The molecule has 0 aliphatic carbocycles. The van der Waals surface area contributed by atoms with Crippen molar-refractivity contribution in [1.82, 2.24) is 9.21 Å². The molecule has 0 bridgehead atoms. The van der Waals surface area contributed by atoms with Crippen molar-refractivity contribution < 1.29 is 13.2 Å². The molecule has 132 valence electrons. The fourth-order valence-electron chi connectivity index (χ4n) is 4.07. The van der Waals surface area contributed by atoms with Gasteiger partial charge in [-0.05, 0) is 56.5 Å². The zero-order chi connectivity index (χ0) is 17.2. The Hall–Kier alpha value is -1.37. The molecular weight excluding hydrogens is 324 g/mol. The molecule has 1 aromatic carbocycles. The summed E-state index contributed by atoms with van der Waals surface area (Å²) in [5, 5.41) is 0. The Morgan fingerprint density at radius 3 is 2.50 bits per heavy atom. The number of piperidine rings is 1. The molecule has 0 unspecified atom stereocenters. The predicted octanol–water partition coefficient (Wildman–Crippen LogP) is 2.50. The van der Waals surface area contributed by atoms with Crippen LogP contribution in [0.5, 0.6) is 5.75 Å². The highest BCUT2D eigenvalue weighted by atomic mass is 32.2. The summed E-state index contributed by atoms with van der Waals surface area (Å²) in [6.45, 7) is 6.88. The molecular formula is C18H26N2O3S. The van der Waals surface area contributed by atoms with Gasteiger partial charge < -0.3 is 4.74 Å². The molecule has 0 radical (unpaired) electrons. The summed E-state index contributed by atoms with van der Waals surface area (Å²) in [5.74, 6) is 0.664. The molecule has 2 fully saturated rings. The number of methoxy groups -OCH3 is 1. The third-order valence-corrected chi connectivity index (χ3v) is 7.17. The summed E-state index contributed by atoms with van der Waals surface area (Å²) in [7, 11) is -1.89. The molecule has 5 nitrogen and oxygen atoms in total. The van der Waals surface area contributed by atoms with Gasteiger partial charge in [0.25, 0.3) is 0 Å². The Labute approximate surface area is 145 Å². The lowest BCUT2D eigenvalue weighted by molar-refractivity contribution is 0.0841. The van der Waals surface area contributed by atoms with E-state index in [0.717, 1.165) is 38.8 Å². The van der Waals surface area contributed by atoms with Gasteiger partial charge in [0.2, 0.25) is 10.0 Å². The van der Waals surface area contributed by atoms with Crippen molar-refractivity contribution in [1.29, 1.82) is 0 Å². The van der Waals surface area contributed by atoms with E-state index >= 15 is 0 Å². The molecule has 0 aromatic heterocycles. The van der Waals surface area contributed by atoms with E-state index in [2.05, 4.69) is 11.5 Å². The van der Waals surface area contributed by atoms with E-state index in [-0.39, 0.29) is 5.54 Å². The minimum Gasteiger partial charge on any atom is -0.497 e. The van der Waals surface area contributed by atoms with Crippen LogP contribution < -0.4 is 4.74 Å². The van der Waals surface area contributed by atoms with Crippen LogP contribution in [0.25, 0.3) is 0 Å². The first-order valence-electron chi connectivity index (χ1n) is 8.52. The first-order valence-corrected chi connectivity index (χ1v) is 9.96. The van der Waals surface area contributed by atoms with Crippen molar-refractivity contribution in [3.63, 3.8) is 0 Å². The van der Waals surface area contributed by atoms with Crippen LogP contribution in [-0.2, 0) is 10.0 Å². The van der Waals surface area contributed by atoms with Crippen LogP contribution in [0.15, 0.2) is 41.8 Å². The maximum atomic E-state index is 13.0. The van der Waals surface area contributed by atoms with Crippen molar-refractivity contribution >= 4 is 10.0 Å². The third-order valence-electron chi connectivity index (χ3n) is 5.31. The Bertz CT molecular complexity index is 687. The molecule has 3 rings (SSSR count). The van der Waals surface area contributed by atoms with Gasteiger partial charge in [0, 0.05) is 25.2 Å². The average Bonchev–Trinajstić information content (AvgIpc) is 2.97. The third kappa shape index (κ3) is 3.10. The molecule has 0 N–H and O–H groups in total. The highest BCUT2D eigenvalue weighted by Gasteiger charge is 2.45. The fourth-order valence-corrected chi connectivity index (χ4v) is 5.63. The summed E-state index contributed by atoms with van der Waals surface area (Å²) < 4.78 is 32.9. The van der Waals surface area contributed by atoms with Gasteiger partial charge in [0.15, 0.2) is 0 Å². The lowest BCUT2D eigenvalue weighted by Gasteiger charge is -2.45. The Morgan fingerprint density at radius 1 is 1.21 bits per heavy atom. The van der Waals surface area contributed by atoms with Crippen molar-refractivity contribution in [2.24, 2.45) is 0 Å². The first kappa shape index (κ1) is 17.5. The van der Waals surface area contributed by atoms with E-state index in [1.165, 1.54) is 0 Å². The molecule has 2 saturated heterocycles. The molecule has 2 aliphatic rings. The number of hydrogen-bond donors (Lipinski definition) is 0. The molecule has 1 spiro atoms. The number of benzene rings is 1. The van der Waals surface area contributed by atoms with Gasteiger partial charge in [-0.2, -0.15) is 4.31 Å². The van der Waals surface area contributed by atoms with Gasteiger partial charge in [-0.3, -0.25) is 4.90 Å². The Kier molecular flexibility index (Phi) is 4.99. The van der Waals surface area contributed by atoms with Gasteiger partial charge in [-0.1, -0.05) is 6.08 Å². The number of sulfonamides is 1. The van der Waals surface area contributed by atoms with Gasteiger partial charge >= 0.3 is 0 Å². The maximum Gasteiger partial charge on any atom is 0.243 e. The zero-order valence-electron chi connectivity index (χ0n) is 14.3. The number of hydrogen-bond acceptors (Lipinski definition) is 4. The van der Waals surface area contributed by atoms with Crippen molar-refractivity contribution in [3.05, 3.63) is 36.9 Å². The normalized spacial score (nSPS) is 25.9. The first-order chi connectivity index (χ1) is 11.5. The van der Waals surface area contributed by atoms with Gasteiger partial charge in [-0.15, -0.1) is 6.58 Å². The van der Waals surface area contributed by atoms with E-state index in [1.807, 2.05) is 6.08 Å². The van der Waals surface area contributed by atoms with E-state index in [0.29, 0.717) is 23.7 Å². The van der Waals surface area contributed by atoms with E-state index in [4.69, 9.17) is 4.74 Å². The molecule has 2 aliphatic heterocycles. The van der Waals surface area contributed by atoms with Crippen molar-refractivity contribution in [3.8, 4) is 5.75 Å². The monoisotopic (exact) mass is 350 g/mol. The van der Waals surface area contributed by atoms with Crippen molar-refractivity contribution in [2.45, 2.75) is 36.1 Å². The van der Waals surface area contributed by atoms with Crippen LogP contribution in [0.4, 0.5) is 0 Å². The van der Waals surface area contributed by atoms with E-state index in [1.54, 1.807) is 35.7 Å². The smallest absolute Gasteiger partial charge is 0.243 e. The van der Waals surface area contributed by atoms with Crippen LogP contribution in [0.1, 0.15) is 25.7 Å². The Balaban J connectivity index is 1.84. The quantitative estimate of drug-likeness (QED) is 0.766. The number of nitrogens with zero attached hydrogens (tertiary/aromatic N) is 2. The second-order valence-corrected chi connectivity index (χ2v) is 8.62. The van der Waals surface area contributed by atoms with E-state index in [9.17, 15) is 8.42 Å². The molecule has 6 heteroatoms. The van der Waals surface area contributed by atoms with E-state index < -0.39 is 10.0 Å². The summed E-state index contributed by atoms with van der Waals surface area (Å²) in [4.78, 5) is 2.75. The summed E-state index contributed by atoms with van der Waals surface area (Å²) in [6, 6.07) is 6.66. The summed E-state index contributed by atoms with van der Waals surface area (Å²) in [6.07, 6.45) is 6.09. The molecule has 2 heterocycles. The van der Waals surface area contributed by atoms with Crippen LogP contribution >= 0.6 is 0 Å². The zero-order valence-corrected chi connectivity index (χ0v) is 15.1. The van der Waals surface area contributed by atoms with Gasteiger partial charge in [-0.25, -0.2) is 8.42 Å². The number of rotatable bonds is 5. The number of ether oxygens (including phenoxy) is 1. The van der Waals surface area contributed by atoms with Crippen LogP contribution in [0.2, 0.25) is 0 Å². The molecule has 24 heavy (non-hydrogen) atoms. The largest absolute Gasteiger partial charge is 0.497 e. The average molecular weight is 350 g/mol. The predicted molar refractivity (Wildman–Crippen MR) is 94.7 cm³/mol. The second kappa shape index (κ2) is 6.86. The highest BCUT2D eigenvalue weighted by molar-refractivity contribution is 7.89. The standard InChI is InChI=1S/C18H26N2O3S/c1-3-12-19-13-4-10-18(19)11-5-14-20(15-18)24(21,22)17-8-6-16(23-2)7-9-17/h3,6-9H,1,4-5,10-15H2,2H3/t18-/m0/s1. The molecule has 1 aromatic rings. The Morgan fingerprint density at radius 2 is 1.88 bits per heavy atom. The second-order valence-electron chi connectivity index (χ2n) is 6.68. The van der Waals surface area contributed by atoms with Crippen LogP contribution in [0, 0.1) is 0 Å². The SMILES string of the molecule is C=CCN1CCC[C@@]12CCCN(S(=O)(=O)c1ccc(OC)cc1)C2. The minimum atomic E-state index is -3.46. The fraction of sp³-hybridized carbons (Fsp3) is 0.556. The lowest BCUT2D eigenvalue weighted by atomic mass is 9.87. The van der Waals surface area contributed by atoms with Gasteiger partial charge in [0.05, 0.1) is 12.0 Å². The molecule has 0 saturated carbocycles. The highest BCUT2D eigenvalue weighted by Crippen LogP contribution is 2.38. The molecule has 0 amide bonds. The van der Waals surface area contributed by atoms with Crippen LogP contribution in [0.3, 0.4) is 0 Å². The topological polar surface area (TPSA) is 49.9 Å². The minimum absolute atomic E-state index is 0.0218. The summed E-state index contributed by atoms with van der Waals surface area (Å²) >= 11 is 0. The lowest BCUT2D eigenvalue weighted by Crippen LogP contribution is -2.56. The van der Waals surface area contributed by atoms with Gasteiger partial charge in [0.1, 0.15) is 5.75 Å². The molecule has 1 atom stereocenters. The van der Waals surface area contributed by atoms with Crippen LogP contribution in [-0.4, -0.2) is 56.5 Å². The van der Waals surface area contributed by atoms with Crippen molar-refractivity contribution in [2.75, 3.05) is 33.3 Å². The maximum absolute atomic E-state index is 13.0. The number of likely N-dealkylation sites (tertiary alicyclic amines) is 1.